The Balaban J connectivity index is 2.69. The number of nitrogens with zero attached hydrogens (tertiary/aromatic N) is 1. The van der Waals surface area contributed by atoms with Crippen molar-refractivity contribution in [1.29, 1.82) is 0 Å². The lowest BCUT2D eigenvalue weighted by molar-refractivity contribution is 0.863. The summed E-state index contributed by atoms with van der Waals surface area (Å²) in [5.74, 6) is 0.437. The zero-order valence-corrected chi connectivity index (χ0v) is 9.12. The summed E-state index contributed by atoms with van der Waals surface area (Å²) in [6, 6.07) is 4.13. The minimum absolute atomic E-state index is 0.437. The molecule has 0 spiro atoms. The quantitative estimate of drug-likeness (QED) is 0.648. The van der Waals surface area contributed by atoms with Crippen molar-refractivity contribution in [2.45, 2.75) is 19.8 Å². The van der Waals surface area contributed by atoms with Gasteiger partial charge in [0.25, 0.3) is 0 Å². The molecular weight excluding hydrogens is 202 g/mol. The summed E-state index contributed by atoms with van der Waals surface area (Å²) in [4.78, 5) is 4.33. The van der Waals surface area contributed by atoms with E-state index in [9.17, 15) is 0 Å². The van der Waals surface area contributed by atoms with Crippen LogP contribution >= 0.6 is 22.9 Å². The topological polar surface area (TPSA) is 12.9 Å². The lowest BCUT2D eigenvalue weighted by Crippen LogP contribution is -1.90. The third-order valence-corrected chi connectivity index (χ3v) is 3.19. The molecule has 0 atom stereocenters. The monoisotopic (exact) mass is 211 g/mol. The second kappa shape index (κ2) is 3.28. The molecule has 0 fully saturated rings. The molecule has 0 radical (unpaired) electrons. The molecule has 2 aromatic rings. The number of thiophene rings is 1. The summed E-state index contributed by atoms with van der Waals surface area (Å²) in [5.41, 5.74) is 2.14. The number of hydrogen-bond acceptors (Lipinski definition) is 2. The van der Waals surface area contributed by atoms with E-state index in [2.05, 4.69) is 24.9 Å². The predicted octanol–water partition coefficient (Wildman–Crippen LogP) is 4.07. The van der Waals surface area contributed by atoms with Crippen molar-refractivity contribution in [3.8, 4) is 0 Å². The van der Waals surface area contributed by atoms with Gasteiger partial charge in [-0.25, -0.2) is 4.98 Å². The molecule has 0 saturated heterocycles. The number of rotatable bonds is 1. The highest BCUT2D eigenvalue weighted by molar-refractivity contribution is 7.17. The van der Waals surface area contributed by atoms with Crippen molar-refractivity contribution in [1.82, 2.24) is 4.98 Å². The summed E-state index contributed by atoms with van der Waals surface area (Å²) < 4.78 is 1.22. The third-order valence-electron chi connectivity index (χ3n) is 2.04. The van der Waals surface area contributed by atoms with E-state index >= 15 is 0 Å². The maximum absolute atomic E-state index is 6.05. The third kappa shape index (κ3) is 1.56. The van der Waals surface area contributed by atoms with Gasteiger partial charge in [0.15, 0.2) is 0 Å². The second-order valence-electron chi connectivity index (χ2n) is 3.33. The summed E-state index contributed by atoms with van der Waals surface area (Å²) in [7, 11) is 0. The maximum atomic E-state index is 6.05. The minimum atomic E-state index is 0.437. The van der Waals surface area contributed by atoms with Crippen LogP contribution in [0.5, 0.6) is 0 Å². The fourth-order valence-electron chi connectivity index (χ4n) is 1.29. The highest BCUT2D eigenvalue weighted by Gasteiger charge is 2.08. The highest BCUT2D eigenvalue weighted by atomic mass is 35.5. The van der Waals surface area contributed by atoms with Gasteiger partial charge >= 0.3 is 0 Å². The molecule has 0 saturated carbocycles. The molecule has 0 aliphatic carbocycles. The van der Waals surface area contributed by atoms with Gasteiger partial charge in [-0.2, -0.15) is 0 Å². The molecule has 0 bridgehead atoms. The second-order valence-corrected chi connectivity index (χ2v) is 4.63. The largest absolute Gasteiger partial charge is 0.235 e. The fraction of sp³-hybridized carbons (Fsp3) is 0.300. The molecule has 13 heavy (non-hydrogen) atoms. The van der Waals surface area contributed by atoms with E-state index in [-0.39, 0.29) is 0 Å². The molecular formula is C10H10ClNS. The van der Waals surface area contributed by atoms with Crippen LogP contribution in [0.3, 0.4) is 0 Å². The van der Waals surface area contributed by atoms with Crippen molar-refractivity contribution < 1.29 is 0 Å². The van der Waals surface area contributed by atoms with E-state index in [1.165, 1.54) is 4.70 Å². The SMILES string of the molecule is CC(C)c1cc2sccc2nc1Cl. The zero-order valence-electron chi connectivity index (χ0n) is 7.54. The number of halogens is 1. The Morgan fingerprint density at radius 2 is 2.23 bits per heavy atom. The molecule has 68 valence electrons. The lowest BCUT2D eigenvalue weighted by atomic mass is 10.1. The summed E-state index contributed by atoms with van der Waals surface area (Å²) in [5, 5.41) is 2.68. The van der Waals surface area contributed by atoms with Gasteiger partial charge in [-0.1, -0.05) is 25.4 Å². The van der Waals surface area contributed by atoms with Crippen molar-refractivity contribution in [3.05, 3.63) is 28.2 Å². The average molecular weight is 212 g/mol. The Kier molecular flexibility index (Phi) is 2.26. The van der Waals surface area contributed by atoms with Crippen molar-refractivity contribution >= 4 is 33.2 Å². The molecule has 2 aromatic heterocycles. The van der Waals surface area contributed by atoms with Gasteiger partial charge in [0.05, 0.1) is 10.2 Å². The first kappa shape index (κ1) is 8.97. The molecule has 3 heteroatoms. The first-order valence-electron chi connectivity index (χ1n) is 4.22. The Labute approximate surface area is 86.4 Å². The molecule has 2 rings (SSSR count). The van der Waals surface area contributed by atoms with Crippen molar-refractivity contribution in [3.63, 3.8) is 0 Å². The molecule has 1 nitrogen and oxygen atoms in total. The van der Waals surface area contributed by atoms with Crippen LogP contribution in [0.1, 0.15) is 25.3 Å². The van der Waals surface area contributed by atoms with Gasteiger partial charge in [-0.05, 0) is 29.0 Å². The van der Waals surface area contributed by atoms with Crippen LogP contribution in [0.15, 0.2) is 17.5 Å². The number of hydrogen-bond donors (Lipinski definition) is 0. The van der Waals surface area contributed by atoms with Crippen LogP contribution in [0.4, 0.5) is 0 Å². The van der Waals surface area contributed by atoms with E-state index < -0.39 is 0 Å². The van der Waals surface area contributed by atoms with Gasteiger partial charge in [-0.3, -0.25) is 0 Å². The first-order chi connectivity index (χ1) is 6.18. The van der Waals surface area contributed by atoms with E-state index in [4.69, 9.17) is 11.6 Å². The molecule has 0 aromatic carbocycles. The normalized spacial score (nSPS) is 11.4. The minimum Gasteiger partial charge on any atom is -0.235 e. The smallest absolute Gasteiger partial charge is 0.133 e. The first-order valence-corrected chi connectivity index (χ1v) is 5.48. The Morgan fingerprint density at radius 3 is 2.92 bits per heavy atom. The Morgan fingerprint density at radius 1 is 1.46 bits per heavy atom. The lowest BCUT2D eigenvalue weighted by Gasteiger charge is -2.06. The highest BCUT2D eigenvalue weighted by Crippen LogP contribution is 2.28. The predicted molar refractivity (Wildman–Crippen MR) is 58.7 cm³/mol. The van der Waals surface area contributed by atoms with E-state index in [1.807, 2.05) is 11.4 Å². The van der Waals surface area contributed by atoms with Gasteiger partial charge in [0.2, 0.25) is 0 Å². The number of pyridine rings is 1. The summed E-state index contributed by atoms with van der Waals surface area (Å²) >= 11 is 7.76. The summed E-state index contributed by atoms with van der Waals surface area (Å²) in [6.45, 7) is 4.25. The fourth-order valence-corrected chi connectivity index (χ4v) is 2.43. The van der Waals surface area contributed by atoms with Crippen LogP contribution in [0.2, 0.25) is 5.15 Å². The van der Waals surface area contributed by atoms with Crippen molar-refractivity contribution in [2.24, 2.45) is 0 Å². The standard InChI is InChI=1S/C10H10ClNS/c1-6(2)7-5-9-8(3-4-13-9)12-10(7)11/h3-6H,1-2H3. The van der Waals surface area contributed by atoms with Crippen LogP contribution in [-0.4, -0.2) is 4.98 Å². The zero-order chi connectivity index (χ0) is 9.42. The summed E-state index contributed by atoms with van der Waals surface area (Å²) in [6.07, 6.45) is 0. The van der Waals surface area contributed by atoms with Crippen LogP contribution in [0, 0.1) is 0 Å². The molecule has 0 aliphatic rings. The van der Waals surface area contributed by atoms with Crippen molar-refractivity contribution in [2.75, 3.05) is 0 Å². The Bertz CT molecular complexity index is 433. The van der Waals surface area contributed by atoms with Crippen LogP contribution in [0.25, 0.3) is 10.2 Å². The van der Waals surface area contributed by atoms with E-state index in [0.29, 0.717) is 11.1 Å². The van der Waals surface area contributed by atoms with Gasteiger partial charge in [-0.15, -0.1) is 11.3 Å². The van der Waals surface area contributed by atoms with E-state index in [1.54, 1.807) is 11.3 Å². The molecule has 0 amide bonds. The van der Waals surface area contributed by atoms with Crippen LogP contribution < -0.4 is 0 Å². The average Bonchev–Trinajstić information content (AvgIpc) is 2.48. The van der Waals surface area contributed by atoms with Crippen LogP contribution in [-0.2, 0) is 0 Å². The van der Waals surface area contributed by atoms with Gasteiger partial charge in [0.1, 0.15) is 5.15 Å². The van der Waals surface area contributed by atoms with Gasteiger partial charge < -0.3 is 0 Å². The number of aromatic nitrogens is 1. The van der Waals surface area contributed by atoms with E-state index in [0.717, 1.165) is 11.1 Å². The molecule has 0 aliphatic heterocycles. The molecule has 0 unspecified atom stereocenters. The maximum Gasteiger partial charge on any atom is 0.133 e. The Hall–Kier alpha value is -0.600. The molecule has 2 heterocycles. The molecule has 0 N–H and O–H groups in total. The van der Waals surface area contributed by atoms with Gasteiger partial charge in [0, 0.05) is 0 Å². The number of fused-ring (bicyclic) bond motifs is 1.